The Balaban J connectivity index is 4.20. The molecular weight excluding hydrogens is 118 g/mol. The number of hydrogen-bond acceptors (Lipinski definition) is 2. The molecule has 0 saturated carbocycles. The van der Waals surface area contributed by atoms with Crippen LogP contribution in [0.15, 0.2) is 5.57 Å². The van der Waals surface area contributed by atoms with Gasteiger partial charge in [-0.1, -0.05) is 13.8 Å². The Labute approximate surface area is 54.6 Å². The van der Waals surface area contributed by atoms with Crippen LogP contribution >= 0.6 is 12.2 Å². The fraction of sp³-hybridized carbons (Fsp3) is 0.500. The predicted molar refractivity (Wildman–Crippen MR) is 36.6 cm³/mol. The first-order chi connectivity index (χ1) is 3.72. The quantitative estimate of drug-likeness (QED) is 0.393. The van der Waals surface area contributed by atoms with Crippen molar-refractivity contribution in [1.82, 2.24) is 0 Å². The summed E-state index contributed by atoms with van der Waals surface area (Å²) in [6.45, 7) is 3.83. The Hall–Kier alpha value is -0.640. The van der Waals surface area contributed by atoms with Crippen molar-refractivity contribution < 1.29 is 0 Å². The van der Waals surface area contributed by atoms with Crippen LogP contribution < -0.4 is 0 Å². The maximum atomic E-state index is 8.28. The topological polar surface area (TPSA) is 23.8 Å². The molecule has 2 heteroatoms. The minimum absolute atomic E-state index is 0.220. The van der Waals surface area contributed by atoms with Gasteiger partial charge in [-0.2, -0.15) is 5.26 Å². The van der Waals surface area contributed by atoms with Gasteiger partial charge in [0.15, 0.2) is 0 Å². The lowest BCUT2D eigenvalue weighted by Gasteiger charge is -1.93. The average Bonchev–Trinajstić information content (AvgIpc) is 1.69. The standard InChI is InChI=1S/C6H7NS/c1-5(2)6(3-7)4-8/h5H,1-2H3. The first kappa shape index (κ1) is 7.36. The maximum absolute atomic E-state index is 8.28. The Kier molecular flexibility index (Phi) is 3.10. The average molecular weight is 125 g/mol. The van der Waals surface area contributed by atoms with E-state index < -0.39 is 0 Å². The Morgan fingerprint density at radius 2 is 2.12 bits per heavy atom. The number of nitriles is 1. The fourth-order valence-electron chi connectivity index (χ4n) is 0.270. The Morgan fingerprint density at radius 1 is 1.62 bits per heavy atom. The summed E-state index contributed by atoms with van der Waals surface area (Å²) in [5.41, 5.74) is 0.556. The van der Waals surface area contributed by atoms with E-state index in [1.807, 2.05) is 19.9 Å². The molecule has 42 valence electrons. The maximum Gasteiger partial charge on any atom is 0.104 e. The van der Waals surface area contributed by atoms with E-state index in [1.165, 1.54) is 0 Å². The van der Waals surface area contributed by atoms with Crippen LogP contribution in [0.3, 0.4) is 0 Å². The van der Waals surface area contributed by atoms with Gasteiger partial charge in [-0.15, -0.1) is 0 Å². The summed E-state index contributed by atoms with van der Waals surface area (Å²) in [7, 11) is 0. The predicted octanol–water partition coefficient (Wildman–Crippen LogP) is 1.69. The molecular formula is C6H7NS. The van der Waals surface area contributed by atoms with Crippen molar-refractivity contribution in [1.29, 1.82) is 5.26 Å². The van der Waals surface area contributed by atoms with Crippen molar-refractivity contribution in [2.24, 2.45) is 5.92 Å². The van der Waals surface area contributed by atoms with Crippen LogP contribution in [0.1, 0.15) is 13.8 Å². The van der Waals surface area contributed by atoms with Gasteiger partial charge in [0.1, 0.15) is 6.07 Å². The van der Waals surface area contributed by atoms with E-state index in [0.29, 0.717) is 5.57 Å². The molecule has 0 aromatic rings. The molecule has 0 amide bonds. The molecule has 0 fully saturated rings. The van der Waals surface area contributed by atoms with Crippen molar-refractivity contribution in [2.45, 2.75) is 13.8 Å². The summed E-state index contributed by atoms with van der Waals surface area (Å²) in [6, 6.07) is 1.95. The van der Waals surface area contributed by atoms with Crippen molar-refractivity contribution in [3.05, 3.63) is 5.57 Å². The molecule has 0 unspecified atom stereocenters. The highest BCUT2D eigenvalue weighted by atomic mass is 32.1. The highest BCUT2D eigenvalue weighted by molar-refractivity contribution is 7.78. The van der Waals surface area contributed by atoms with Crippen molar-refractivity contribution >= 4 is 17.2 Å². The second kappa shape index (κ2) is 3.37. The second-order valence-electron chi connectivity index (χ2n) is 1.78. The van der Waals surface area contributed by atoms with Crippen LogP contribution in [0.25, 0.3) is 0 Å². The molecule has 0 radical (unpaired) electrons. The number of rotatable bonds is 1. The molecule has 0 aromatic heterocycles. The lowest BCUT2D eigenvalue weighted by atomic mass is 10.1. The zero-order valence-corrected chi connectivity index (χ0v) is 5.75. The van der Waals surface area contributed by atoms with Crippen molar-refractivity contribution in [3.63, 3.8) is 0 Å². The molecule has 0 atom stereocenters. The van der Waals surface area contributed by atoms with E-state index in [-0.39, 0.29) is 5.92 Å². The van der Waals surface area contributed by atoms with Crippen molar-refractivity contribution in [3.8, 4) is 6.07 Å². The van der Waals surface area contributed by atoms with Gasteiger partial charge < -0.3 is 0 Å². The van der Waals surface area contributed by atoms with Gasteiger partial charge in [-0.25, -0.2) is 0 Å². The minimum atomic E-state index is 0.220. The highest BCUT2D eigenvalue weighted by Crippen LogP contribution is 2.02. The van der Waals surface area contributed by atoms with Gasteiger partial charge in [0.2, 0.25) is 0 Å². The van der Waals surface area contributed by atoms with Crippen LogP contribution in [0.5, 0.6) is 0 Å². The third kappa shape index (κ3) is 1.88. The zero-order chi connectivity index (χ0) is 6.57. The molecule has 0 rings (SSSR count). The zero-order valence-electron chi connectivity index (χ0n) is 4.93. The third-order valence-corrected chi connectivity index (χ3v) is 1.03. The van der Waals surface area contributed by atoms with E-state index in [4.69, 9.17) is 5.26 Å². The largest absolute Gasteiger partial charge is 0.192 e. The SMILES string of the molecule is CC(C)C(=C=S)C#N. The summed E-state index contributed by atoms with van der Waals surface area (Å²) in [5.74, 6) is 0.220. The van der Waals surface area contributed by atoms with E-state index >= 15 is 0 Å². The molecule has 0 spiro atoms. The van der Waals surface area contributed by atoms with Crippen LogP contribution in [0, 0.1) is 17.2 Å². The lowest BCUT2D eigenvalue weighted by molar-refractivity contribution is 0.806. The van der Waals surface area contributed by atoms with Gasteiger partial charge in [-0.05, 0) is 23.2 Å². The summed E-state index contributed by atoms with van der Waals surface area (Å²) in [4.78, 5) is 0. The molecule has 0 N–H and O–H groups in total. The highest BCUT2D eigenvalue weighted by Gasteiger charge is 1.97. The number of hydrogen-bond donors (Lipinski definition) is 0. The van der Waals surface area contributed by atoms with Crippen molar-refractivity contribution in [2.75, 3.05) is 0 Å². The van der Waals surface area contributed by atoms with Crippen LogP contribution in [-0.2, 0) is 0 Å². The Morgan fingerprint density at radius 3 is 2.12 bits per heavy atom. The molecule has 0 saturated heterocycles. The number of nitrogens with zero attached hydrogens (tertiary/aromatic N) is 1. The molecule has 8 heavy (non-hydrogen) atoms. The summed E-state index contributed by atoms with van der Waals surface area (Å²) in [5, 5.41) is 10.7. The lowest BCUT2D eigenvalue weighted by Crippen LogP contribution is -1.89. The van der Waals surface area contributed by atoms with E-state index in [0.717, 1.165) is 0 Å². The first-order valence-corrected chi connectivity index (χ1v) is 2.78. The van der Waals surface area contributed by atoms with E-state index in [1.54, 1.807) is 0 Å². The van der Waals surface area contributed by atoms with Gasteiger partial charge in [0.25, 0.3) is 0 Å². The molecule has 0 aliphatic heterocycles. The van der Waals surface area contributed by atoms with E-state index in [2.05, 4.69) is 17.2 Å². The van der Waals surface area contributed by atoms with Gasteiger partial charge in [0, 0.05) is 0 Å². The summed E-state index contributed by atoms with van der Waals surface area (Å²) >= 11 is 4.44. The van der Waals surface area contributed by atoms with Crippen LogP contribution in [-0.4, -0.2) is 5.02 Å². The Bertz CT molecular complexity index is 158. The monoisotopic (exact) mass is 125 g/mol. The van der Waals surface area contributed by atoms with Gasteiger partial charge >= 0.3 is 0 Å². The fourth-order valence-corrected chi connectivity index (χ4v) is 0.551. The smallest absolute Gasteiger partial charge is 0.104 e. The normalized spacial score (nSPS) is 7.75. The van der Waals surface area contributed by atoms with Crippen LogP contribution in [0.4, 0.5) is 0 Å². The summed E-state index contributed by atoms with van der Waals surface area (Å²) in [6.07, 6.45) is 0. The molecule has 0 bridgehead atoms. The van der Waals surface area contributed by atoms with Crippen LogP contribution in [0.2, 0.25) is 0 Å². The molecule has 1 nitrogen and oxygen atoms in total. The van der Waals surface area contributed by atoms with E-state index in [9.17, 15) is 0 Å². The first-order valence-electron chi connectivity index (χ1n) is 2.37. The number of thiocarbonyl (C=S) groups is 1. The van der Waals surface area contributed by atoms with Gasteiger partial charge in [-0.3, -0.25) is 0 Å². The third-order valence-electron chi connectivity index (χ3n) is 0.808. The van der Waals surface area contributed by atoms with Gasteiger partial charge in [0.05, 0.1) is 5.57 Å². The minimum Gasteiger partial charge on any atom is -0.192 e. The second-order valence-corrected chi connectivity index (χ2v) is 1.99. The molecule has 0 aliphatic carbocycles. The molecule has 0 aromatic carbocycles. The molecule has 0 aliphatic rings. The summed E-state index contributed by atoms with van der Waals surface area (Å²) < 4.78 is 0. The number of allylic oxidation sites excluding steroid dienone is 1. The molecule has 0 heterocycles.